The van der Waals surface area contributed by atoms with Crippen molar-refractivity contribution in [2.75, 3.05) is 0 Å². The normalized spacial score (nSPS) is 38.0. The predicted octanol–water partition coefficient (Wildman–Crippen LogP) is 1.94. The molecule has 0 aromatic heterocycles. The third-order valence-corrected chi connectivity index (χ3v) is 2.32. The molecule has 1 aliphatic rings. The fourth-order valence-corrected chi connectivity index (χ4v) is 1.66. The zero-order valence-corrected chi connectivity index (χ0v) is 7.10. The second-order valence-corrected chi connectivity index (χ2v) is 4.10. The van der Waals surface area contributed by atoms with Gasteiger partial charge in [0, 0.05) is 0 Å². The molecule has 0 aromatic rings. The van der Waals surface area contributed by atoms with Gasteiger partial charge in [-0.15, -0.1) is 11.6 Å². The van der Waals surface area contributed by atoms with Crippen LogP contribution in [-0.4, -0.2) is 16.6 Å². The van der Waals surface area contributed by atoms with Crippen LogP contribution in [0.1, 0.15) is 20.3 Å². The lowest BCUT2D eigenvalue weighted by atomic mass is 9.78. The Labute approximate surface area is 66.7 Å². The van der Waals surface area contributed by atoms with Crippen molar-refractivity contribution in [1.29, 1.82) is 0 Å². The van der Waals surface area contributed by atoms with Crippen LogP contribution in [0.15, 0.2) is 12.2 Å². The maximum atomic E-state index is 9.41. The van der Waals surface area contributed by atoms with Gasteiger partial charge < -0.3 is 5.11 Å². The summed E-state index contributed by atoms with van der Waals surface area (Å²) in [6.07, 6.45) is 4.16. The van der Waals surface area contributed by atoms with Gasteiger partial charge in [-0.1, -0.05) is 26.0 Å². The van der Waals surface area contributed by atoms with Crippen molar-refractivity contribution in [2.45, 2.75) is 31.7 Å². The molecule has 0 amide bonds. The van der Waals surface area contributed by atoms with E-state index in [9.17, 15) is 5.11 Å². The Hall–Kier alpha value is -0.0100. The Morgan fingerprint density at radius 1 is 1.50 bits per heavy atom. The van der Waals surface area contributed by atoms with Gasteiger partial charge in [-0.05, 0) is 11.8 Å². The van der Waals surface area contributed by atoms with Crippen molar-refractivity contribution in [1.82, 2.24) is 0 Å². The molecule has 1 rings (SSSR count). The van der Waals surface area contributed by atoms with E-state index in [1.165, 1.54) is 0 Å². The van der Waals surface area contributed by atoms with Crippen molar-refractivity contribution in [2.24, 2.45) is 5.41 Å². The van der Waals surface area contributed by atoms with Crippen molar-refractivity contribution < 1.29 is 5.11 Å². The van der Waals surface area contributed by atoms with Crippen LogP contribution in [0.3, 0.4) is 0 Å². The third kappa shape index (κ3) is 1.53. The topological polar surface area (TPSA) is 20.2 Å². The van der Waals surface area contributed by atoms with Gasteiger partial charge >= 0.3 is 0 Å². The Kier molecular flexibility index (Phi) is 2.07. The summed E-state index contributed by atoms with van der Waals surface area (Å²) in [5.74, 6) is 0. The zero-order chi connectivity index (χ0) is 7.78. The highest BCUT2D eigenvalue weighted by atomic mass is 35.5. The molecule has 58 valence electrons. The van der Waals surface area contributed by atoms with Gasteiger partial charge in [0.25, 0.3) is 0 Å². The predicted molar refractivity (Wildman–Crippen MR) is 43.2 cm³/mol. The summed E-state index contributed by atoms with van der Waals surface area (Å²) in [6, 6.07) is 0. The van der Waals surface area contributed by atoms with E-state index in [-0.39, 0.29) is 16.9 Å². The number of halogens is 1. The lowest BCUT2D eigenvalue weighted by molar-refractivity contribution is 0.0785. The number of alkyl halides is 1. The summed E-state index contributed by atoms with van der Waals surface area (Å²) >= 11 is 5.87. The quantitative estimate of drug-likeness (QED) is 0.424. The fourth-order valence-electron chi connectivity index (χ4n) is 1.18. The van der Waals surface area contributed by atoms with Crippen LogP contribution >= 0.6 is 11.6 Å². The standard InChI is InChI=1S/C8H13ClO/c1-8(2)5-6(9)3-4-7(8)10/h3-4,6-7,10H,5H2,1-2H3. The average Bonchev–Trinajstić information content (AvgIpc) is 1.78. The Bertz CT molecular complexity index is 151. The summed E-state index contributed by atoms with van der Waals surface area (Å²) in [5.41, 5.74) is -0.0544. The maximum absolute atomic E-state index is 9.41. The molecule has 0 bridgehead atoms. The average molecular weight is 161 g/mol. The van der Waals surface area contributed by atoms with Crippen LogP contribution in [0.4, 0.5) is 0 Å². The van der Waals surface area contributed by atoms with Crippen LogP contribution in [0.25, 0.3) is 0 Å². The molecule has 0 aliphatic heterocycles. The van der Waals surface area contributed by atoms with E-state index in [0.29, 0.717) is 0 Å². The van der Waals surface area contributed by atoms with Crippen LogP contribution in [-0.2, 0) is 0 Å². The minimum Gasteiger partial charge on any atom is -0.388 e. The fraction of sp³-hybridized carbons (Fsp3) is 0.750. The highest BCUT2D eigenvalue weighted by molar-refractivity contribution is 6.21. The van der Waals surface area contributed by atoms with Gasteiger partial charge in [0.1, 0.15) is 0 Å². The van der Waals surface area contributed by atoms with Crippen molar-refractivity contribution in [3.63, 3.8) is 0 Å². The molecule has 0 spiro atoms. The van der Waals surface area contributed by atoms with E-state index in [0.717, 1.165) is 6.42 Å². The Morgan fingerprint density at radius 3 is 2.50 bits per heavy atom. The minimum absolute atomic E-state index is 0.0544. The molecule has 0 fully saturated rings. The van der Waals surface area contributed by atoms with E-state index >= 15 is 0 Å². The van der Waals surface area contributed by atoms with Gasteiger partial charge in [-0.2, -0.15) is 0 Å². The lowest BCUT2D eigenvalue weighted by Crippen LogP contribution is -2.33. The highest BCUT2D eigenvalue weighted by Gasteiger charge is 2.31. The molecule has 1 aliphatic carbocycles. The number of aliphatic hydroxyl groups excluding tert-OH is 1. The van der Waals surface area contributed by atoms with Crippen LogP contribution in [0.2, 0.25) is 0 Å². The first-order chi connectivity index (χ1) is 4.52. The molecule has 10 heavy (non-hydrogen) atoms. The van der Waals surface area contributed by atoms with Gasteiger partial charge in [-0.25, -0.2) is 0 Å². The van der Waals surface area contributed by atoms with E-state index in [1.54, 1.807) is 6.08 Å². The first-order valence-electron chi connectivity index (χ1n) is 3.53. The van der Waals surface area contributed by atoms with Gasteiger partial charge in [-0.3, -0.25) is 0 Å². The molecule has 1 nitrogen and oxygen atoms in total. The number of allylic oxidation sites excluding steroid dienone is 1. The summed E-state index contributed by atoms with van der Waals surface area (Å²) in [5, 5.41) is 9.51. The van der Waals surface area contributed by atoms with Crippen molar-refractivity contribution in [3.05, 3.63) is 12.2 Å². The molecular weight excluding hydrogens is 148 g/mol. The van der Waals surface area contributed by atoms with E-state index < -0.39 is 0 Å². The molecule has 0 aromatic carbocycles. The SMILES string of the molecule is CC1(C)CC(Cl)C=CC1O. The Balaban J connectivity index is 2.72. The summed E-state index contributed by atoms with van der Waals surface area (Å²) in [4.78, 5) is 0. The first-order valence-corrected chi connectivity index (χ1v) is 3.96. The maximum Gasteiger partial charge on any atom is 0.0772 e. The summed E-state index contributed by atoms with van der Waals surface area (Å²) < 4.78 is 0. The minimum atomic E-state index is -0.331. The van der Waals surface area contributed by atoms with E-state index in [4.69, 9.17) is 11.6 Å². The first kappa shape index (κ1) is 8.09. The molecule has 2 unspecified atom stereocenters. The zero-order valence-electron chi connectivity index (χ0n) is 6.34. The smallest absolute Gasteiger partial charge is 0.0772 e. The largest absolute Gasteiger partial charge is 0.388 e. The molecule has 2 heteroatoms. The van der Waals surface area contributed by atoms with Gasteiger partial charge in [0.15, 0.2) is 0 Å². The van der Waals surface area contributed by atoms with E-state index in [1.807, 2.05) is 19.9 Å². The second-order valence-electron chi connectivity index (χ2n) is 3.54. The Morgan fingerprint density at radius 2 is 2.10 bits per heavy atom. The molecular formula is C8H13ClO. The number of hydrogen-bond donors (Lipinski definition) is 1. The lowest BCUT2D eigenvalue weighted by Gasteiger charge is -2.33. The molecule has 1 N–H and O–H groups in total. The third-order valence-electron chi connectivity index (χ3n) is 2.02. The number of hydrogen-bond acceptors (Lipinski definition) is 1. The van der Waals surface area contributed by atoms with Gasteiger partial charge in [0.05, 0.1) is 11.5 Å². The molecule has 0 saturated heterocycles. The highest BCUT2D eigenvalue weighted by Crippen LogP contribution is 2.33. The van der Waals surface area contributed by atoms with Crippen molar-refractivity contribution in [3.8, 4) is 0 Å². The van der Waals surface area contributed by atoms with Crippen molar-refractivity contribution >= 4 is 11.6 Å². The van der Waals surface area contributed by atoms with Gasteiger partial charge in [0.2, 0.25) is 0 Å². The van der Waals surface area contributed by atoms with Crippen LogP contribution in [0, 0.1) is 5.41 Å². The second kappa shape index (κ2) is 2.55. The van der Waals surface area contributed by atoms with E-state index in [2.05, 4.69) is 0 Å². The molecule has 0 heterocycles. The molecule has 0 radical (unpaired) electrons. The molecule has 0 saturated carbocycles. The number of aliphatic hydroxyl groups is 1. The monoisotopic (exact) mass is 160 g/mol. The molecule has 2 atom stereocenters. The number of rotatable bonds is 0. The van der Waals surface area contributed by atoms with Crippen LogP contribution in [0.5, 0.6) is 0 Å². The van der Waals surface area contributed by atoms with Crippen LogP contribution < -0.4 is 0 Å². The summed E-state index contributed by atoms with van der Waals surface area (Å²) in [6.45, 7) is 4.05. The summed E-state index contributed by atoms with van der Waals surface area (Å²) in [7, 11) is 0.